The van der Waals surface area contributed by atoms with Gasteiger partial charge in [0.1, 0.15) is 5.78 Å². The second-order valence-electron chi connectivity index (χ2n) is 7.25. The quantitative estimate of drug-likeness (QED) is 0.467. The number of hydrogen-bond donors (Lipinski definition) is 1. The van der Waals surface area contributed by atoms with Crippen molar-refractivity contribution < 1.29 is 14.7 Å². The van der Waals surface area contributed by atoms with E-state index in [2.05, 4.69) is 45.9 Å². The van der Waals surface area contributed by atoms with Gasteiger partial charge in [-0.25, -0.2) is 4.79 Å². The Morgan fingerprint density at radius 3 is 2.62 bits per heavy atom. The normalized spacial score (nSPS) is 34.5. The molecule has 3 nitrogen and oxygen atoms in total. The van der Waals surface area contributed by atoms with Gasteiger partial charge in [0.25, 0.3) is 0 Å². The summed E-state index contributed by atoms with van der Waals surface area (Å²) in [5, 5.41) is 8.75. The summed E-state index contributed by atoms with van der Waals surface area (Å²) >= 11 is 0. The Morgan fingerprint density at radius 2 is 2.00 bits per heavy atom. The van der Waals surface area contributed by atoms with Gasteiger partial charge in [0.2, 0.25) is 0 Å². The number of rotatable bonds is 4. The van der Waals surface area contributed by atoms with Crippen LogP contribution in [0.1, 0.15) is 40.5 Å². The number of carboxylic acids is 1. The molecule has 0 heterocycles. The number of Topliss-reactive ketones (excluding diaryl/α,β-unsaturated/α-hetero) is 1. The third kappa shape index (κ3) is 3.95. The number of ketones is 1. The molecular formula is C21H28O3. The number of carboxylic acid groups (broad SMARTS) is 1. The lowest BCUT2D eigenvalue weighted by Gasteiger charge is -2.46. The van der Waals surface area contributed by atoms with Crippen LogP contribution in [0.5, 0.6) is 0 Å². The van der Waals surface area contributed by atoms with E-state index in [0.29, 0.717) is 48.2 Å². The Bertz CT molecular complexity index is 621. The highest BCUT2D eigenvalue weighted by Gasteiger charge is 2.44. The van der Waals surface area contributed by atoms with E-state index in [1.807, 2.05) is 6.08 Å². The van der Waals surface area contributed by atoms with E-state index in [9.17, 15) is 9.59 Å². The third-order valence-corrected chi connectivity index (χ3v) is 5.59. The average Bonchev–Trinajstić information content (AvgIpc) is 2.49. The molecule has 0 radical (unpaired) electrons. The molecule has 2 aliphatic rings. The molecule has 2 rings (SSSR count). The first kappa shape index (κ1) is 18.4. The average molecular weight is 328 g/mol. The summed E-state index contributed by atoms with van der Waals surface area (Å²) in [7, 11) is 0. The second kappa shape index (κ2) is 7.78. The minimum absolute atomic E-state index is 0.303. The largest absolute Gasteiger partial charge is 0.478 e. The van der Waals surface area contributed by atoms with Gasteiger partial charge in [0.05, 0.1) is 0 Å². The zero-order valence-corrected chi connectivity index (χ0v) is 15.0. The molecule has 130 valence electrons. The van der Waals surface area contributed by atoms with E-state index in [0.717, 1.165) is 6.08 Å². The van der Waals surface area contributed by atoms with E-state index in [1.54, 1.807) is 6.08 Å². The molecule has 1 N–H and O–H groups in total. The molecule has 0 aromatic carbocycles. The number of allylic oxidation sites excluding steroid dienone is 7. The second-order valence-corrected chi connectivity index (χ2v) is 7.25. The predicted molar refractivity (Wildman–Crippen MR) is 96.5 cm³/mol. The maximum atomic E-state index is 12.0. The summed E-state index contributed by atoms with van der Waals surface area (Å²) in [5.74, 6) is 1.16. The first-order chi connectivity index (χ1) is 11.3. The van der Waals surface area contributed by atoms with Crippen molar-refractivity contribution >= 4 is 11.8 Å². The number of fused-ring (bicyclic) bond motifs is 1. The van der Waals surface area contributed by atoms with Crippen LogP contribution in [0.3, 0.4) is 0 Å². The fourth-order valence-electron chi connectivity index (χ4n) is 4.61. The number of carbonyl (C=O) groups is 2. The smallest absolute Gasteiger partial charge is 0.328 e. The highest BCUT2D eigenvalue weighted by molar-refractivity contribution is 5.80. The molecule has 24 heavy (non-hydrogen) atoms. The molecule has 0 saturated heterocycles. The Labute approximate surface area is 144 Å². The van der Waals surface area contributed by atoms with Gasteiger partial charge in [-0.15, -0.1) is 0 Å². The zero-order valence-electron chi connectivity index (χ0n) is 15.0. The summed E-state index contributed by atoms with van der Waals surface area (Å²) in [5.41, 5.74) is 2.66. The Kier molecular flexibility index (Phi) is 5.98. The first-order valence-corrected chi connectivity index (χ1v) is 8.75. The zero-order chi connectivity index (χ0) is 17.9. The van der Waals surface area contributed by atoms with Crippen LogP contribution in [0.15, 0.2) is 47.6 Å². The van der Waals surface area contributed by atoms with Crippen LogP contribution in [0.2, 0.25) is 0 Å². The van der Waals surface area contributed by atoms with Crippen molar-refractivity contribution in [3.05, 3.63) is 47.6 Å². The molecule has 0 aliphatic heterocycles. The van der Waals surface area contributed by atoms with E-state index in [-0.39, 0.29) is 0 Å². The molecule has 3 heteroatoms. The molecular weight excluding hydrogens is 300 g/mol. The molecule has 0 aromatic heterocycles. The van der Waals surface area contributed by atoms with Crippen molar-refractivity contribution in [3.8, 4) is 0 Å². The summed E-state index contributed by atoms with van der Waals surface area (Å²) in [6.07, 6.45) is 12.5. The lowest BCUT2D eigenvalue weighted by molar-refractivity contribution is -0.131. The van der Waals surface area contributed by atoms with Crippen LogP contribution in [-0.4, -0.2) is 16.9 Å². The molecule has 0 bridgehead atoms. The van der Waals surface area contributed by atoms with E-state index >= 15 is 0 Å². The summed E-state index contributed by atoms with van der Waals surface area (Å²) in [4.78, 5) is 22.7. The fraction of sp³-hybridized carbons (Fsp3) is 0.524. The van der Waals surface area contributed by atoms with Crippen LogP contribution in [0, 0.1) is 29.6 Å². The van der Waals surface area contributed by atoms with Crippen molar-refractivity contribution in [2.24, 2.45) is 29.6 Å². The lowest BCUT2D eigenvalue weighted by atomic mass is 9.57. The Hall–Kier alpha value is -1.90. The topological polar surface area (TPSA) is 54.4 Å². The molecule has 0 spiro atoms. The standard InChI is InChI=1S/C21H28O3/c1-5-13(2)20-14(3)10-16-12-17(22)11-15(4)21(16)18(20)8-6-7-9-19(23)24/h5-10,15-16,18,20-21H,11-12H2,1-4H3,(H,23,24)/b8-6+,9-7+,13-5+/t15-,16+,18+,20+,21+/m0/s1. The molecule has 2 aliphatic carbocycles. The van der Waals surface area contributed by atoms with Crippen molar-refractivity contribution in [1.29, 1.82) is 0 Å². The van der Waals surface area contributed by atoms with Gasteiger partial charge in [-0.2, -0.15) is 0 Å². The molecule has 1 saturated carbocycles. The van der Waals surface area contributed by atoms with E-state index in [1.165, 1.54) is 11.1 Å². The molecule has 0 aromatic rings. The highest BCUT2D eigenvalue weighted by Crippen LogP contribution is 2.49. The maximum Gasteiger partial charge on any atom is 0.328 e. The minimum atomic E-state index is -0.935. The summed E-state index contributed by atoms with van der Waals surface area (Å²) in [6.45, 7) is 8.56. The SMILES string of the molecule is C/C=C(\C)[C@@H]1C(C)=C[C@@H]2CC(=O)C[C@H](C)[C@H]2[C@@H]1/C=C/C=C/C(=O)O. The predicted octanol–water partition coefficient (Wildman–Crippen LogP) is 4.57. The number of carbonyl (C=O) groups excluding carboxylic acids is 1. The lowest BCUT2D eigenvalue weighted by Crippen LogP contribution is -2.41. The van der Waals surface area contributed by atoms with Crippen LogP contribution < -0.4 is 0 Å². The Morgan fingerprint density at radius 1 is 1.29 bits per heavy atom. The highest BCUT2D eigenvalue weighted by atomic mass is 16.4. The number of aliphatic carboxylic acids is 1. The van der Waals surface area contributed by atoms with E-state index in [4.69, 9.17) is 5.11 Å². The van der Waals surface area contributed by atoms with Crippen LogP contribution in [-0.2, 0) is 9.59 Å². The first-order valence-electron chi connectivity index (χ1n) is 8.75. The summed E-state index contributed by atoms with van der Waals surface area (Å²) < 4.78 is 0. The van der Waals surface area contributed by atoms with Crippen LogP contribution in [0.4, 0.5) is 0 Å². The van der Waals surface area contributed by atoms with Gasteiger partial charge in [-0.1, -0.05) is 48.5 Å². The molecule has 0 amide bonds. The van der Waals surface area contributed by atoms with Gasteiger partial charge < -0.3 is 5.11 Å². The molecule has 5 atom stereocenters. The Balaban J connectivity index is 2.40. The fourth-order valence-corrected chi connectivity index (χ4v) is 4.61. The van der Waals surface area contributed by atoms with Crippen LogP contribution >= 0.6 is 0 Å². The maximum absolute atomic E-state index is 12.0. The van der Waals surface area contributed by atoms with Gasteiger partial charge >= 0.3 is 5.97 Å². The van der Waals surface area contributed by atoms with Crippen molar-refractivity contribution in [2.75, 3.05) is 0 Å². The van der Waals surface area contributed by atoms with E-state index < -0.39 is 5.97 Å². The number of hydrogen-bond acceptors (Lipinski definition) is 2. The third-order valence-electron chi connectivity index (χ3n) is 5.59. The van der Waals surface area contributed by atoms with Crippen molar-refractivity contribution in [3.63, 3.8) is 0 Å². The van der Waals surface area contributed by atoms with Gasteiger partial charge in [-0.3, -0.25) is 4.79 Å². The van der Waals surface area contributed by atoms with Crippen LogP contribution in [0.25, 0.3) is 0 Å². The summed E-state index contributed by atoms with van der Waals surface area (Å²) in [6, 6.07) is 0. The van der Waals surface area contributed by atoms with Crippen molar-refractivity contribution in [1.82, 2.24) is 0 Å². The van der Waals surface area contributed by atoms with Gasteiger partial charge in [-0.05, 0) is 44.4 Å². The molecule has 1 fully saturated rings. The van der Waals surface area contributed by atoms with Gasteiger partial charge in [0.15, 0.2) is 0 Å². The minimum Gasteiger partial charge on any atom is -0.478 e. The molecule has 0 unspecified atom stereocenters. The van der Waals surface area contributed by atoms with Gasteiger partial charge in [0, 0.05) is 24.8 Å². The monoisotopic (exact) mass is 328 g/mol. The van der Waals surface area contributed by atoms with Crippen molar-refractivity contribution in [2.45, 2.75) is 40.5 Å².